The summed E-state index contributed by atoms with van der Waals surface area (Å²) < 4.78 is 16.2. The lowest BCUT2D eigenvalue weighted by atomic mass is 10.0. The van der Waals surface area contributed by atoms with Gasteiger partial charge in [0.15, 0.2) is 0 Å². The first-order valence-electron chi connectivity index (χ1n) is 8.72. The van der Waals surface area contributed by atoms with Gasteiger partial charge in [0, 0.05) is 13.2 Å². The van der Waals surface area contributed by atoms with Gasteiger partial charge in [-0.1, -0.05) is 5.16 Å². The largest absolute Gasteiger partial charge is 0.467 e. The molecule has 0 saturated carbocycles. The number of aryl methyl sites for hydroxylation is 2. The van der Waals surface area contributed by atoms with Crippen LogP contribution >= 0.6 is 0 Å². The third-order valence-electron chi connectivity index (χ3n) is 5.16. The Hall–Kier alpha value is -2.61. The number of hydrogen-bond acceptors (Lipinski definition) is 6. The molecule has 2 aromatic heterocycles. The minimum atomic E-state index is -0.401. The van der Waals surface area contributed by atoms with E-state index in [1.165, 1.54) is 0 Å². The van der Waals surface area contributed by atoms with Gasteiger partial charge < -0.3 is 23.9 Å². The number of rotatable bonds is 4. The van der Waals surface area contributed by atoms with E-state index >= 15 is 0 Å². The third kappa shape index (κ3) is 2.80. The number of aromatic nitrogens is 1. The number of furan rings is 1. The number of likely N-dealkylation sites (tertiary alicyclic amines) is 1. The minimum absolute atomic E-state index is 0.101. The van der Waals surface area contributed by atoms with E-state index in [2.05, 4.69) is 10.5 Å². The monoisotopic (exact) mass is 359 g/mol. The van der Waals surface area contributed by atoms with Crippen LogP contribution in [0.15, 0.2) is 27.3 Å². The van der Waals surface area contributed by atoms with E-state index in [0.29, 0.717) is 42.5 Å². The maximum absolute atomic E-state index is 13.0. The summed E-state index contributed by atoms with van der Waals surface area (Å²) in [6.45, 7) is 4.65. The standard InChI is InChI=1S/C18H21N3O5/c1-10-15(11(2)26-20-10)18(23)21-9-13(16-14(21)5-7-25-16)17(22)19-8-12-4-3-6-24-12/h3-4,6,13-14,16H,5,7-9H2,1-2H3,(H,19,22)/t13-,14-,16+/m0/s1. The normalized spacial score (nSPS) is 24.7. The van der Waals surface area contributed by atoms with E-state index < -0.39 is 5.92 Å². The molecule has 2 aliphatic rings. The number of nitrogens with one attached hydrogen (secondary N) is 1. The highest BCUT2D eigenvalue weighted by Crippen LogP contribution is 2.35. The fraction of sp³-hybridized carbons (Fsp3) is 0.500. The summed E-state index contributed by atoms with van der Waals surface area (Å²) in [6.07, 6.45) is 2.01. The van der Waals surface area contributed by atoms with Crippen molar-refractivity contribution in [1.29, 1.82) is 0 Å². The van der Waals surface area contributed by atoms with Crippen molar-refractivity contribution in [2.45, 2.75) is 39.0 Å². The van der Waals surface area contributed by atoms with Crippen LogP contribution in [0.3, 0.4) is 0 Å². The Morgan fingerprint density at radius 2 is 2.23 bits per heavy atom. The molecule has 138 valence electrons. The topological polar surface area (TPSA) is 97.8 Å². The summed E-state index contributed by atoms with van der Waals surface area (Å²) in [5, 5.41) is 6.74. The Morgan fingerprint density at radius 3 is 2.92 bits per heavy atom. The lowest BCUT2D eigenvalue weighted by Gasteiger charge is -2.22. The van der Waals surface area contributed by atoms with E-state index in [0.717, 1.165) is 6.42 Å². The van der Waals surface area contributed by atoms with Gasteiger partial charge >= 0.3 is 0 Å². The Morgan fingerprint density at radius 1 is 1.38 bits per heavy atom. The zero-order valence-electron chi connectivity index (χ0n) is 14.7. The average Bonchev–Trinajstić information content (AvgIpc) is 3.37. The number of hydrogen-bond donors (Lipinski definition) is 1. The van der Waals surface area contributed by atoms with Gasteiger partial charge in [-0.3, -0.25) is 9.59 Å². The van der Waals surface area contributed by atoms with Gasteiger partial charge in [-0.15, -0.1) is 0 Å². The van der Waals surface area contributed by atoms with E-state index in [4.69, 9.17) is 13.7 Å². The quantitative estimate of drug-likeness (QED) is 0.887. The van der Waals surface area contributed by atoms with Gasteiger partial charge in [0.2, 0.25) is 5.91 Å². The van der Waals surface area contributed by atoms with Crippen molar-refractivity contribution in [3.63, 3.8) is 0 Å². The average molecular weight is 359 g/mol. The fourth-order valence-electron chi connectivity index (χ4n) is 3.88. The van der Waals surface area contributed by atoms with Crippen LogP contribution in [0.1, 0.15) is 34.0 Å². The molecule has 0 bridgehead atoms. The number of carbonyl (C=O) groups excluding carboxylic acids is 2. The van der Waals surface area contributed by atoms with Crippen molar-refractivity contribution in [2.75, 3.05) is 13.2 Å². The summed E-state index contributed by atoms with van der Waals surface area (Å²) in [6, 6.07) is 3.48. The Labute approximate surface area is 150 Å². The lowest BCUT2D eigenvalue weighted by molar-refractivity contribution is -0.127. The maximum atomic E-state index is 13.0. The number of amides is 2. The van der Waals surface area contributed by atoms with Gasteiger partial charge in [-0.2, -0.15) is 0 Å². The molecule has 0 radical (unpaired) electrons. The molecule has 0 aromatic carbocycles. The third-order valence-corrected chi connectivity index (χ3v) is 5.16. The van der Waals surface area contributed by atoms with Crippen LogP contribution < -0.4 is 5.32 Å². The summed E-state index contributed by atoms with van der Waals surface area (Å²) in [4.78, 5) is 27.4. The zero-order valence-corrected chi connectivity index (χ0v) is 14.7. The van der Waals surface area contributed by atoms with Gasteiger partial charge in [0.25, 0.3) is 5.91 Å². The maximum Gasteiger partial charge on any atom is 0.259 e. The molecule has 2 amide bonds. The first-order valence-corrected chi connectivity index (χ1v) is 8.72. The zero-order chi connectivity index (χ0) is 18.3. The number of carbonyl (C=O) groups is 2. The highest BCUT2D eigenvalue weighted by atomic mass is 16.5. The molecule has 3 atom stereocenters. The highest BCUT2D eigenvalue weighted by Gasteiger charge is 2.51. The summed E-state index contributed by atoms with van der Waals surface area (Å²) in [5.41, 5.74) is 1.04. The molecule has 2 aromatic rings. The van der Waals surface area contributed by atoms with Crippen molar-refractivity contribution in [3.05, 3.63) is 41.2 Å². The SMILES string of the molecule is Cc1noc(C)c1C(=O)N1C[C@H](C(=O)NCc2ccco2)[C@H]2OCC[C@@H]21. The number of fused-ring (bicyclic) bond motifs is 1. The van der Waals surface area contributed by atoms with E-state index in [1.807, 2.05) is 0 Å². The molecule has 8 heteroatoms. The van der Waals surface area contributed by atoms with E-state index in [1.54, 1.807) is 37.1 Å². The molecule has 26 heavy (non-hydrogen) atoms. The predicted molar refractivity (Wildman–Crippen MR) is 89.2 cm³/mol. The number of nitrogens with zero attached hydrogens (tertiary/aromatic N) is 2. The van der Waals surface area contributed by atoms with Crippen LogP contribution in [-0.4, -0.2) is 47.2 Å². The molecular weight excluding hydrogens is 338 g/mol. The van der Waals surface area contributed by atoms with Crippen molar-refractivity contribution in [3.8, 4) is 0 Å². The molecule has 0 aliphatic carbocycles. The van der Waals surface area contributed by atoms with E-state index in [9.17, 15) is 9.59 Å². The molecule has 4 heterocycles. The molecule has 0 spiro atoms. The molecule has 1 N–H and O–H groups in total. The van der Waals surface area contributed by atoms with Crippen LogP contribution in [0.2, 0.25) is 0 Å². The van der Waals surface area contributed by atoms with Crippen LogP contribution in [0.4, 0.5) is 0 Å². The van der Waals surface area contributed by atoms with E-state index in [-0.39, 0.29) is 24.0 Å². The van der Waals surface area contributed by atoms with Crippen LogP contribution in [0, 0.1) is 19.8 Å². The second kappa shape index (κ2) is 6.60. The first kappa shape index (κ1) is 16.8. The van der Waals surface area contributed by atoms with Gasteiger partial charge in [-0.05, 0) is 32.4 Å². The van der Waals surface area contributed by atoms with Crippen LogP contribution in [-0.2, 0) is 16.1 Å². The lowest BCUT2D eigenvalue weighted by Crippen LogP contribution is -2.37. The summed E-state index contributed by atoms with van der Waals surface area (Å²) in [7, 11) is 0. The number of ether oxygens (including phenoxy) is 1. The fourth-order valence-corrected chi connectivity index (χ4v) is 3.88. The molecular formula is C18H21N3O5. The molecule has 2 aliphatic heterocycles. The van der Waals surface area contributed by atoms with Crippen LogP contribution in [0.5, 0.6) is 0 Å². The molecule has 0 unspecified atom stereocenters. The van der Waals surface area contributed by atoms with Crippen molar-refractivity contribution in [2.24, 2.45) is 5.92 Å². The van der Waals surface area contributed by atoms with Crippen molar-refractivity contribution in [1.82, 2.24) is 15.4 Å². The smallest absolute Gasteiger partial charge is 0.259 e. The Balaban J connectivity index is 1.50. The highest BCUT2D eigenvalue weighted by molar-refractivity contribution is 5.97. The summed E-state index contributed by atoms with van der Waals surface area (Å²) in [5.74, 6) is 0.495. The van der Waals surface area contributed by atoms with Gasteiger partial charge in [0.05, 0.1) is 36.6 Å². The van der Waals surface area contributed by atoms with Gasteiger partial charge in [-0.25, -0.2) is 0 Å². The molecule has 8 nitrogen and oxygen atoms in total. The summed E-state index contributed by atoms with van der Waals surface area (Å²) >= 11 is 0. The van der Waals surface area contributed by atoms with Crippen molar-refractivity contribution < 1.29 is 23.3 Å². The predicted octanol–water partition coefficient (Wildman–Crippen LogP) is 1.43. The Bertz CT molecular complexity index is 793. The second-order valence-electron chi connectivity index (χ2n) is 6.75. The Kier molecular flexibility index (Phi) is 4.28. The molecule has 2 saturated heterocycles. The molecule has 2 fully saturated rings. The minimum Gasteiger partial charge on any atom is -0.467 e. The first-order chi connectivity index (χ1) is 12.6. The second-order valence-corrected chi connectivity index (χ2v) is 6.75. The van der Waals surface area contributed by atoms with Gasteiger partial charge in [0.1, 0.15) is 17.1 Å². The van der Waals surface area contributed by atoms with Crippen LogP contribution in [0.25, 0.3) is 0 Å². The molecule has 4 rings (SSSR count). The van der Waals surface area contributed by atoms with Crippen molar-refractivity contribution >= 4 is 11.8 Å².